The normalized spacial score (nSPS) is 12.0. The van der Waals surface area contributed by atoms with E-state index in [0.717, 1.165) is 4.88 Å². The van der Waals surface area contributed by atoms with Crippen molar-refractivity contribution in [2.75, 3.05) is 6.54 Å². The first-order chi connectivity index (χ1) is 11.9. The largest absolute Gasteiger partial charge is 0.340 e. The van der Waals surface area contributed by atoms with Gasteiger partial charge in [0.1, 0.15) is 11.9 Å². The quantitative estimate of drug-likeness (QED) is 0.817. The average molecular weight is 362 g/mol. The van der Waals surface area contributed by atoms with Crippen LogP contribution >= 0.6 is 11.3 Å². The van der Waals surface area contributed by atoms with Crippen LogP contribution in [0.2, 0.25) is 0 Å². The molecule has 2 aromatic rings. The van der Waals surface area contributed by atoms with Crippen LogP contribution in [0, 0.1) is 11.7 Å². The van der Waals surface area contributed by atoms with E-state index >= 15 is 0 Å². The third-order valence-electron chi connectivity index (χ3n) is 3.96. The van der Waals surface area contributed by atoms with Gasteiger partial charge in [-0.05, 0) is 36.4 Å². The molecule has 1 heterocycles. The Kier molecular flexibility index (Phi) is 6.70. The van der Waals surface area contributed by atoms with Crippen molar-refractivity contribution in [1.29, 1.82) is 0 Å². The molecule has 1 aromatic heterocycles. The monoisotopic (exact) mass is 362 g/mol. The number of hydrogen-bond donors (Lipinski definition) is 1. The number of carbonyl (C=O) groups is 2. The van der Waals surface area contributed by atoms with Crippen LogP contribution in [-0.4, -0.2) is 29.3 Å². The van der Waals surface area contributed by atoms with E-state index in [2.05, 4.69) is 5.32 Å². The van der Waals surface area contributed by atoms with Gasteiger partial charge in [-0.2, -0.15) is 0 Å². The highest BCUT2D eigenvalue weighted by atomic mass is 32.1. The number of likely N-dealkylation sites (N-methyl/N-ethyl adjacent to an activating group) is 1. The second-order valence-corrected chi connectivity index (χ2v) is 7.14. The predicted octanol–water partition coefficient (Wildman–Crippen LogP) is 3.69. The van der Waals surface area contributed by atoms with E-state index in [1.54, 1.807) is 22.3 Å². The molecule has 0 saturated carbocycles. The summed E-state index contributed by atoms with van der Waals surface area (Å²) in [5, 5.41) is 4.67. The van der Waals surface area contributed by atoms with Crippen LogP contribution in [0.3, 0.4) is 0 Å². The highest BCUT2D eigenvalue weighted by Crippen LogP contribution is 2.15. The van der Waals surface area contributed by atoms with Gasteiger partial charge in [-0.25, -0.2) is 4.39 Å². The zero-order chi connectivity index (χ0) is 18.4. The van der Waals surface area contributed by atoms with Crippen LogP contribution in [0.4, 0.5) is 4.39 Å². The Morgan fingerprint density at radius 3 is 2.48 bits per heavy atom. The van der Waals surface area contributed by atoms with E-state index in [-0.39, 0.29) is 17.4 Å². The van der Waals surface area contributed by atoms with Gasteiger partial charge in [0.25, 0.3) is 5.91 Å². The van der Waals surface area contributed by atoms with Crippen molar-refractivity contribution >= 4 is 23.2 Å². The van der Waals surface area contributed by atoms with E-state index in [1.165, 1.54) is 18.2 Å². The van der Waals surface area contributed by atoms with Crippen LogP contribution in [0.15, 0.2) is 41.8 Å². The lowest BCUT2D eigenvalue weighted by atomic mass is 10.0. The SMILES string of the molecule is CCN(Cc1cccs1)C(=O)C(NC(=O)c1ccccc1F)C(C)C. The van der Waals surface area contributed by atoms with E-state index < -0.39 is 17.8 Å². The molecule has 6 heteroatoms. The molecule has 0 bridgehead atoms. The molecule has 134 valence electrons. The Bertz CT molecular complexity index is 716. The fraction of sp³-hybridized carbons (Fsp3) is 0.368. The lowest BCUT2D eigenvalue weighted by Crippen LogP contribution is -2.51. The van der Waals surface area contributed by atoms with Crippen LogP contribution in [0.25, 0.3) is 0 Å². The smallest absolute Gasteiger partial charge is 0.254 e. The number of amides is 2. The average Bonchev–Trinajstić information content (AvgIpc) is 3.10. The minimum atomic E-state index is -0.702. The number of thiophene rings is 1. The third-order valence-corrected chi connectivity index (χ3v) is 4.82. The molecule has 0 aliphatic carbocycles. The Hall–Kier alpha value is -2.21. The maximum absolute atomic E-state index is 13.8. The number of nitrogens with zero attached hydrogens (tertiary/aromatic N) is 1. The van der Waals surface area contributed by atoms with Gasteiger partial charge in [0.15, 0.2) is 0 Å². The second-order valence-electron chi connectivity index (χ2n) is 6.11. The number of carbonyl (C=O) groups excluding carboxylic acids is 2. The first-order valence-corrected chi connectivity index (χ1v) is 9.18. The maximum Gasteiger partial charge on any atom is 0.254 e. The summed E-state index contributed by atoms with van der Waals surface area (Å²) in [6.45, 7) is 6.68. The fourth-order valence-corrected chi connectivity index (χ4v) is 3.23. The molecule has 0 fully saturated rings. The third kappa shape index (κ3) is 4.89. The van der Waals surface area contributed by atoms with E-state index in [4.69, 9.17) is 0 Å². The van der Waals surface area contributed by atoms with Crippen molar-refractivity contribution in [2.45, 2.75) is 33.4 Å². The van der Waals surface area contributed by atoms with Crippen molar-refractivity contribution in [1.82, 2.24) is 10.2 Å². The number of halogens is 1. The molecule has 4 nitrogen and oxygen atoms in total. The van der Waals surface area contributed by atoms with Gasteiger partial charge >= 0.3 is 0 Å². The van der Waals surface area contributed by atoms with Crippen molar-refractivity contribution in [3.05, 3.63) is 58.0 Å². The number of rotatable bonds is 7. The van der Waals surface area contributed by atoms with Crippen LogP contribution in [0.5, 0.6) is 0 Å². The summed E-state index contributed by atoms with van der Waals surface area (Å²) in [4.78, 5) is 28.1. The van der Waals surface area contributed by atoms with E-state index in [1.807, 2.05) is 38.3 Å². The zero-order valence-electron chi connectivity index (χ0n) is 14.7. The lowest BCUT2D eigenvalue weighted by molar-refractivity contribution is -0.134. The molecule has 0 spiro atoms. The van der Waals surface area contributed by atoms with E-state index in [9.17, 15) is 14.0 Å². The van der Waals surface area contributed by atoms with Crippen LogP contribution in [-0.2, 0) is 11.3 Å². The molecular weight excluding hydrogens is 339 g/mol. The van der Waals surface area contributed by atoms with Crippen molar-refractivity contribution in [3.63, 3.8) is 0 Å². The first-order valence-electron chi connectivity index (χ1n) is 8.30. The Balaban J connectivity index is 2.14. The van der Waals surface area contributed by atoms with Gasteiger partial charge in [0, 0.05) is 11.4 Å². The summed E-state index contributed by atoms with van der Waals surface area (Å²) in [5.74, 6) is -1.44. The van der Waals surface area contributed by atoms with Gasteiger partial charge in [0.05, 0.1) is 12.1 Å². The summed E-state index contributed by atoms with van der Waals surface area (Å²) < 4.78 is 13.8. The lowest BCUT2D eigenvalue weighted by Gasteiger charge is -2.29. The zero-order valence-corrected chi connectivity index (χ0v) is 15.5. The van der Waals surface area contributed by atoms with Gasteiger partial charge in [-0.3, -0.25) is 9.59 Å². The van der Waals surface area contributed by atoms with Crippen molar-refractivity contribution in [2.24, 2.45) is 5.92 Å². The molecular formula is C19H23FN2O2S. The minimum Gasteiger partial charge on any atom is -0.340 e. The summed E-state index contributed by atoms with van der Waals surface area (Å²) >= 11 is 1.59. The van der Waals surface area contributed by atoms with E-state index in [0.29, 0.717) is 13.1 Å². The van der Waals surface area contributed by atoms with Gasteiger partial charge in [-0.15, -0.1) is 11.3 Å². The van der Waals surface area contributed by atoms with Crippen LogP contribution < -0.4 is 5.32 Å². The van der Waals surface area contributed by atoms with Gasteiger partial charge in [0.2, 0.25) is 5.91 Å². The number of benzene rings is 1. The molecule has 1 N–H and O–H groups in total. The molecule has 2 amide bonds. The molecule has 0 saturated heterocycles. The van der Waals surface area contributed by atoms with Gasteiger partial charge in [-0.1, -0.05) is 32.0 Å². The Morgan fingerprint density at radius 1 is 1.20 bits per heavy atom. The molecule has 0 aliphatic rings. The van der Waals surface area contributed by atoms with Crippen molar-refractivity contribution in [3.8, 4) is 0 Å². The summed E-state index contributed by atoms with van der Waals surface area (Å²) in [7, 11) is 0. The molecule has 1 unspecified atom stereocenters. The Labute approximate surface area is 151 Å². The number of nitrogens with one attached hydrogen (secondary N) is 1. The molecule has 1 aromatic carbocycles. The molecule has 25 heavy (non-hydrogen) atoms. The van der Waals surface area contributed by atoms with Gasteiger partial charge < -0.3 is 10.2 Å². The van der Waals surface area contributed by atoms with Crippen LogP contribution in [0.1, 0.15) is 36.0 Å². The summed E-state index contributed by atoms with van der Waals surface area (Å²) in [6, 6.07) is 8.98. The number of hydrogen-bond acceptors (Lipinski definition) is 3. The maximum atomic E-state index is 13.8. The molecule has 0 aliphatic heterocycles. The molecule has 0 radical (unpaired) electrons. The Morgan fingerprint density at radius 2 is 1.92 bits per heavy atom. The predicted molar refractivity (Wildman–Crippen MR) is 97.9 cm³/mol. The minimum absolute atomic E-state index is 0.0535. The van der Waals surface area contributed by atoms with Crippen molar-refractivity contribution < 1.29 is 14.0 Å². The second kappa shape index (κ2) is 8.76. The molecule has 1 atom stereocenters. The fourth-order valence-electron chi connectivity index (χ4n) is 2.51. The molecule has 2 rings (SSSR count). The summed E-state index contributed by atoms with van der Waals surface area (Å²) in [5.41, 5.74) is -0.0535. The first kappa shape index (κ1) is 19.1. The standard InChI is InChI=1S/C19H23FN2O2S/c1-4-22(12-14-8-7-11-25-14)19(24)17(13(2)3)21-18(23)15-9-5-6-10-16(15)20/h5-11,13,17H,4,12H2,1-3H3,(H,21,23). The highest BCUT2D eigenvalue weighted by molar-refractivity contribution is 7.09. The summed E-state index contributed by atoms with van der Waals surface area (Å²) in [6.07, 6.45) is 0. The highest BCUT2D eigenvalue weighted by Gasteiger charge is 2.29. The topological polar surface area (TPSA) is 49.4 Å².